The highest BCUT2D eigenvalue weighted by Crippen LogP contribution is 2.36. The molecule has 51 heavy (non-hydrogen) atoms. The molecule has 4 aromatic carbocycles. The summed E-state index contributed by atoms with van der Waals surface area (Å²) in [5.74, 6) is -0.0719. The molecule has 14 heteroatoms. The quantitative estimate of drug-likeness (QED) is 0.0906. The van der Waals surface area contributed by atoms with Crippen LogP contribution in [0.25, 0.3) is 0 Å². The van der Waals surface area contributed by atoms with Gasteiger partial charge in [0.2, 0.25) is 0 Å². The average molecular weight is 749 g/mol. The summed E-state index contributed by atoms with van der Waals surface area (Å²) >= 11 is 0. The average Bonchev–Trinajstić information content (AvgIpc) is 3.02. The monoisotopic (exact) mass is 748 g/mol. The number of alkyl halides is 3. The molecule has 0 radical (unpaired) electrons. The molecule has 0 aromatic heterocycles. The number of esters is 2. The van der Waals surface area contributed by atoms with Gasteiger partial charge in [-0.2, -0.15) is 13.2 Å². The molecule has 0 atom stereocenters. The molecule has 0 aliphatic carbocycles. The van der Waals surface area contributed by atoms with Crippen molar-refractivity contribution in [3.63, 3.8) is 0 Å². The van der Waals surface area contributed by atoms with Crippen LogP contribution in [0.4, 0.5) is 13.2 Å². The standard InChI is InChI=1S/C30H35O6S.C7H5F3O3S/c1-29(2,3)35-27(31)20-33-22-17-23(34-21-28(32)36-30(4,5)6)19-26(18-22)37(24-13-9-7-10-14-24)25-15-11-8-12-16-25;8-7(9,10)5-1-3-6(4-2-5)14(11,12)13/h7-19H,20-21H2,1-6H3;1-4H,(H,11,12,13)/q+1;/p-1. The van der Waals surface area contributed by atoms with Crippen molar-refractivity contribution >= 4 is 33.0 Å². The van der Waals surface area contributed by atoms with Crippen molar-refractivity contribution < 1.29 is 54.7 Å². The van der Waals surface area contributed by atoms with E-state index in [9.17, 15) is 35.7 Å². The molecule has 0 fully saturated rings. The van der Waals surface area contributed by atoms with E-state index in [-0.39, 0.29) is 13.2 Å². The number of ether oxygens (including phenoxy) is 4. The van der Waals surface area contributed by atoms with E-state index in [0.29, 0.717) is 35.8 Å². The van der Waals surface area contributed by atoms with Crippen molar-refractivity contribution in [3.8, 4) is 11.5 Å². The number of carbonyl (C=O) groups is 2. The second-order valence-electron chi connectivity index (χ2n) is 12.8. The second-order valence-corrected chi connectivity index (χ2v) is 16.2. The topological polar surface area (TPSA) is 128 Å². The highest BCUT2D eigenvalue weighted by Gasteiger charge is 2.31. The molecule has 4 rings (SSSR count). The van der Waals surface area contributed by atoms with Gasteiger partial charge >= 0.3 is 18.1 Å². The summed E-state index contributed by atoms with van der Waals surface area (Å²) in [6.07, 6.45) is -4.54. The Morgan fingerprint density at radius 1 is 0.627 bits per heavy atom. The first-order valence-electron chi connectivity index (χ1n) is 15.4. The van der Waals surface area contributed by atoms with Crippen LogP contribution in [0.1, 0.15) is 47.1 Å². The van der Waals surface area contributed by atoms with Gasteiger partial charge in [-0.1, -0.05) is 36.4 Å². The maximum absolute atomic E-state index is 12.3. The van der Waals surface area contributed by atoms with E-state index in [1.54, 1.807) is 47.6 Å². The van der Waals surface area contributed by atoms with Gasteiger partial charge in [-0.3, -0.25) is 0 Å². The molecular formula is C37H39F3O9S2. The maximum Gasteiger partial charge on any atom is 0.416 e. The maximum atomic E-state index is 12.3. The van der Waals surface area contributed by atoms with Crippen LogP contribution < -0.4 is 9.47 Å². The van der Waals surface area contributed by atoms with Gasteiger partial charge < -0.3 is 23.5 Å². The van der Waals surface area contributed by atoms with Crippen LogP contribution in [0.3, 0.4) is 0 Å². The predicted molar refractivity (Wildman–Crippen MR) is 184 cm³/mol. The lowest BCUT2D eigenvalue weighted by atomic mass is 10.2. The Hall–Kier alpha value is -4.53. The molecule has 9 nitrogen and oxygen atoms in total. The Bertz CT molecular complexity index is 1760. The number of benzene rings is 4. The van der Waals surface area contributed by atoms with Crippen LogP contribution >= 0.6 is 0 Å². The summed E-state index contributed by atoms with van der Waals surface area (Å²) in [5, 5.41) is 0. The lowest BCUT2D eigenvalue weighted by molar-refractivity contribution is -0.158. The van der Waals surface area contributed by atoms with Gasteiger partial charge in [0, 0.05) is 18.2 Å². The highest BCUT2D eigenvalue weighted by molar-refractivity contribution is 7.97. The first-order valence-corrected chi connectivity index (χ1v) is 18.1. The Morgan fingerprint density at radius 2 is 1.02 bits per heavy atom. The highest BCUT2D eigenvalue weighted by atomic mass is 32.2. The first kappa shape index (κ1) is 40.9. The van der Waals surface area contributed by atoms with Crippen molar-refractivity contribution in [1.82, 2.24) is 0 Å². The van der Waals surface area contributed by atoms with E-state index >= 15 is 0 Å². The molecule has 0 N–H and O–H groups in total. The van der Waals surface area contributed by atoms with Gasteiger partial charge in [-0.25, -0.2) is 18.0 Å². The summed E-state index contributed by atoms with van der Waals surface area (Å²) in [6, 6.07) is 28.1. The minimum Gasteiger partial charge on any atom is -0.744 e. The Kier molecular flexibility index (Phi) is 13.7. The van der Waals surface area contributed by atoms with E-state index in [1.165, 1.54) is 0 Å². The minimum absolute atomic E-state index is 0.253. The van der Waals surface area contributed by atoms with Crippen molar-refractivity contribution in [2.24, 2.45) is 0 Å². The second kappa shape index (κ2) is 17.1. The van der Waals surface area contributed by atoms with Crippen molar-refractivity contribution in [2.45, 2.75) is 78.5 Å². The summed E-state index contributed by atoms with van der Waals surface area (Å²) in [7, 11) is -5.17. The van der Waals surface area contributed by atoms with E-state index in [4.69, 9.17) is 18.9 Å². The van der Waals surface area contributed by atoms with Gasteiger partial charge in [-0.05, 0) is 90.1 Å². The number of halogens is 3. The predicted octanol–water partition coefficient (Wildman–Crippen LogP) is 7.83. The van der Waals surface area contributed by atoms with Crippen LogP contribution in [0, 0.1) is 0 Å². The van der Waals surface area contributed by atoms with Gasteiger partial charge in [-0.15, -0.1) is 0 Å². The molecule has 0 saturated heterocycles. The van der Waals surface area contributed by atoms with Gasteiger partial charge in [0.15, 0.2) is 27.9 Å². The number of hydrogen-bond acceptors (Lipinski definition) is 9. The molecule has 0 saturated carbocycles. The van der Waals surface area contributed by atoms with Crippen LogP contribution in [-0.4, -0.2) is 49.3 Å². The van der Waals surface area contributed by atoms with Gasteiger partial charge in [0.1, 0.15) is 32.8 Å². The third-order valence-electron chi connectivity index (χ3n) is 6.07. The van der Waals surface area contributed by atoms with E-state index in [2.05, 4.69) is 24.3 Å². The van der Waals surface area contributed by atoms with Crippen molar-refractivity contribution in [3.05, 3.63) is 109 Å². The van der Waals surface area contributed by atoms with Crippen LogP contribution in [0.5, 0.6) is 11.5 Å². The zero-order valence-electron chi connectivity index (χ0n) is 28.9. The molecule has 0 bridgehead atoms. The van der Waals surface area contributed by atoms with Crippen molar-refractivity contribution in [1.29, 1.82) is 0 Å². The van der Waals surface area contributed by atoms with E-state index < -0.39 is 60.8 Å². The molecule has 4 aromatic rings. The van der Waals surface area contributed by atoms with E-state index in [0.717, 1.165) is 14.7 Å². The van der Waals surface area contributed by atoms with Crippen LogP contribution in [0.15, 0.2) is 123 Å². The normalized spacial score (nSPS) is 12.0. The fraction of sp³-hybridized carbons (Fsp3) is 0.297. The number of carbonyl (C=O) groups excluding carboxylic acids is 2. The molecule has 0 spiro atoms. The summed E-state index contributed by atoms with van der Waals surface area (Å²) in [4.78, 5) is 27.0. The molecule has 0 aliphatic heterocycles. The molecule has 274 valence electrons. The first-order chi connectivity index (χ1) is 23.6. The Morgan fingerprint density at radius 3 is 1.35 bits per heavy atom. The smallest absolute Gasteiger partial charge is 0.416 e. The molecule has 0 unspecified atom stereocenters. The fourth-order valence-corrected chi connectivity index (χ4v) is 6.80. The van der Waals surface area contributed by atoms with Crippen LogP contribution in [0.2, 0.25) is 0 Å². The largest absolute Gasteiger partial charge is 0.744 e. The third kappa shape index (κ3) is 14.3. The SMILES string of the molecule is CC(C)(C)OC(=O)COc1cc(OCC(=O)OC(C)(C)C)cc([S+](c2ccccc2)c2ccccc2)c1.O=S(=O)([O-])c1ccc(C(F)(F)F)cc1. The van der Waals surface area contributed by atoms with Gasteiger partial charge in [0.05, 0.1) is 21.4 Å². The minimum atomic E-state index is -4.68. The fourth-order valence-electron chi connectivity index (χ4n) is 4.19. The molecule has 0 amide bonds. The van der Waals surface area contributed by atoms with E-state index in [1.807, 2.05) is 48.5 Å². The summed E-state index contributed by atoms with van der Waals surface area (Å²) < 4.78 is 89.5. The summed E-state index contributed by atoms with van der Waals surface area (Å²) in [5.41, 5.74) is -2.22. The number of hydrogen-bond donors (Lipinski definition) is 0. The van der Waals surface area contributed by atoms with Gasteiger partial charge in [0.25, 0.3) is 0 Å². The molecule has 0 heterocycles. The van der Waals surface area contributed by atoms with Crippen molar-refractivity contribution in [2.75, 3.05) is 13.2 Å². The molecular weight excluding hydrogens is 710 g/mol. The summed E-state index contributed by atoms with van der Waals surface area (Å²) in [6.45, 7) is 10.3. The lowest BCUT2D eigenvalue weighted by Gasteiger charge is -2.20. The lowest BCUT2D eigenvalue weighted by Crippen LogP contribution is -2.27. The number of rotatable bonds is 10. The Labute approximate surface area is 298 Å². The third-order valence-corrected chi connectivity index (χ3v) is 9.11. The molecule has 0 aliphatic rings. The van der Waals surface area contributed by atoms with Crippen LogP contribution in [-0.2, 0) is 46.3 Å². The zero-order valence-corrected chi connectivity index (χ0v) is 30.5. The zero-order chi connectivity index (χ0) is 38.0. The Balaban J connectivity index is 0.000000419.